The highest BCUT2D eigenvalue weighted by atomic mass is 16.5. The summed E-state index contributed by atoms with van der Waals surface area (Å²) in [6, 6.07) is 5.10. The van der Waals surface area contributed by atoms with Crippen LogP contribution in [0.1, 0.15) is 46.5 Å². The molecule has 1 aliphatic heterocycles. The van der Waals surface area contributed by atoms with Crippen LogP contribution in [0.15, 0.2) is 35.0 Å². The molecule has 0 amide bonds. The van der Waals surface area contributed by atoms with Crippen molar-refractivity contribution in [2.75, 3.05) is 20.2 Å². The van der Waals surface area contributed by atoms with Crippen molar-refractivity contribution in [3.05, 3.63) is 53.0 Å². The van der Waals surface area contributed by atoms with Crippen LogP contribution in [0.5, 0.6) is 11.5 Å². The first-order valence-electron chi connectivity index (χ1n) is 9.15. The van der Waals surface area contributed by atoms with Crippen LogP contribution in [0.25, 0.3) is 6.08 Å². The van der Waals surface area contributed by atoms with Crippen LogP contribution in [0.3, 0.4) is 0 Å². The van der Waals surface area contributed by atoms with E-state index in [1.807, 2.05) is 0 Å². The van der Waals surface area contributed by atoms with Crippen LogP contribution in [0, 0.1) is 0 Å². The zero-order valence-corrected chi connectivity index (χ0v) is 15.5. The number of rotatable bonds is 7. The van der Waals surface area contributed by atoms with Gasteiger partial charge in [-0.3, -0.25) is 9.69 Å². The summed E-state index contributed by atoms with van der Waals surface area (Å²) in [5, 5.41) is 20.6. The van der Waals surface area contributed by atoms with Gasteiger partial charge in [0.15, 0.2) is 5.78 Å². The van der Waals surface area contributed by atoms with Crippen LogP contribution in [0.2, 0.25) is 0 Å². The van der Waals surface area contributed by atoms with E-state index >= 15 is 0 Å². The normalized spacial score (nSPS) is 15.3. The molecular formula is C21H25NO5. The number of phenols is 1. The quantitative estimate of drug-likeness (QED) is 0.574. The lowest BCUT2D eigenvalue weighted by Crippen LogP contribution is -2.29. The molecule has 6 heteroatoms. The summed E-state index contributed by atoms with van der Waals surface area (Å²) in [4.78, 5) is 15.0. The van der Waals surface area contributed by atoms with Gasteiger partial charge in [0.05, 0.1) is 20.0 Å². The summed E-state index contributed by atoms with van der Waals surface area (Å²) in [5.74, 6) is 0.276. The second-order valence-corrected chi connectivity index (χ2v) is 6.65. The average Bonchev–Trinajstić information content (AvgIpc) is 3.21. The lowest BCUT2D eigenvalue weighted by molar-refractivity contribution is 0.104. The molecule has 6 nitrogen and oxygen atoms in total. The van der Waals surface area contributed by atoms with Crippen molar-refractivity contribution in [3.8, 4) is 11.5 Å². The Bertz CT molecular complexity index is 804. The Balaban J connectivity index is 1.95. The van der Waals surface area contributed by atoms with Crippen LogP contribution >= 0.6 is 0 Å². The van der Waals surface area contributed by atoms with Gasteiger partial charge in [0, 0.05) is 12.1 Å². The van der Waals surface area contributed by atoms with E-state index in [1.54, 1.807) is 24.3 Å². The Hall–Kier alpha value is -2.57. The monoisotopic (exact) mass is 371 g/mol. The summed E-state index contributed by atoms with van der Waals surface area (Å²) < 4.78 is 10.5. The summed E-state index contributed by atoms with van der Waals surface area (Å²) in [5.41, 5.74) is 1.25. The SMILES string of the molecule is COc1cc(CO)c(CN2CCCCC2)c(O)c1C(=O)C=Cc1ccco1. The first-order chi connectivity index (χ1) is 13.1. The minimum Gasteiger partial charge on any atom is -0.507 e. The van der Waals surface area contributed by atoms with E-state index in [0.29, 0.717) is 23.4 Å². The number of aromatic hydroxyl groups is 1. The fourth-order valence-corrected chi connectivity index (χ4v) is 3.42. The van der Waals surface area contributed by atoms with E-state index in [2.05, 4.69) is 4.90 Å². The number of carbonyl (C=O) groups excluding carboxylic acids is 1. The molecule has 3 rings (SSSR count). The first-order valence-corrected chi connectivity index (χ1v) is 9.15. The summed E-state index contributed by atoms with van der Waals surface area (Å²) in [6.45, 7) is 2.15. The maximum Gasteiger partial charge on any atom is 0.193 e. The van der Waals surface area contributed by atoms with E-state index in [0.717, 1.165) is 25.9 Å². The molecule has 0 radical (unpaired) electrons. The van der Waals surface area contributed by atoms with E-state index in [9.17, 15) is 15.0 Å². The Kier molecular flexibility index (Phi) is 6.32. The first kappa shape index (κ1) is 19.2. The number of allylic oxidation sites excluding steroid dienone is 1. The Morgan fingerprint density at radius 2 is 2.11 bits per heavy atom. The number of nitrogens with zero attached hydrogens (tertiary/aromatic N) is 1. The third-order valence-electron chi connectivity index (χ3n) is 4.87. The molecular weight excluding hydrogens is 346 g/mol. The highest BCUT2D eigenvalue weighted by Crippen LogP contribution is 2.36. The van der Waals surface area contributed by atoms with Crippen molar-refractivity contribution in [1.82, 2.24) is 4.90 Å². The van der Waals surface area contributed by atoms with E-state index < -0.39 is 0 Å². The predicted octanol–water partition coefficient (Wildman–Crippen LogP) is 3.37. The van der Waals surface area contributed by atoms with Crippen LogP contribution < -0.4 is 4.74 Å². The van der Waals surface area contributed by atoms with Gasteiger partial charge in [0.1, 0.15) is 22.8 Å². The van der Waals surface area contributed by atoms with Gasteiger partial charge >= 0.3 is 0 Å². The van der Waals surface area contributed by atoms with Crippen molar-refractivity contribution >= 4 is 11.9 Å². The number of methoxy groups -OCH3 is 1. The smallest absolute Gasteiger partial charge is 0.193 e. The molecule has 0 unspecified atom stereocenters. The van der Waals surface area contributed by atoms with E-state index in [1.165, 1.54) is 25.9 Å². The number of benzene rings is 1. The number of ketones is 1. The second kappa shape index (κ2) is 8.88. The van der Waals surface area contributed by atoms with Gasteiger partial charge in [0.2, 0.25) is 0 Å². The summed E-state index contributed by atoms with van der Waals surface area (Å²) in [7, 11) is 1.44. The fourth-order valence-electron chi connectivity index (χ4n) is 3.42. The average molecular weight is 371 g/mol. The number of phenolic OH excluding ortho intramolecular Hbond substituents is 1. The number of piperidine rings is 1. The second-order valence-electron chi connectivity index (χ2n) is 6.65. The van der Waals surface area contributed by atoms with Gasteiger partial charge < -0.3 is 19.4 Å². The Morgan fingerprint density at radius 1 is 1.33 bits per heavy atom. The number of hydrogen-bond donors (Lipinski definition) is 2. The molecule has 0 spiro atoms. The van der Waals surface area contributed by atoms with Crippen LogP contribution in [-0.4, -0.2) is 41.1 Å². The van der Waals surface area contributed by atoms with Crippen molar-refractivity contribution < 1.29 is 24.2 Å². The van der Waals surface area contributed by atoms with Crippen molar-refractivity contribution in [1.29, 1.82) is 0 Å². The number of ether oxygens (including phenoxy) is 1. The van der Waals surface area contributed by atoms with E-state index in [-0.39, 0.29) is 29.5 Å². The van der Waals surface area contributed by atoms with Gasteiger partial charge in [-0.15, -0.1) is 0 Å². The third kappa shape index (κ3) is 4.40. The number of carbonyl (C=O) groups is 1. The zero-order chi connectivity index (χ0) is 19.2. The molecule has 1 aromatic heterocycles. The maximum absolute atomic E-state index is 12.7. The molecule has 1 aromatic carbocycles. The molecule has 0 saturated carbocycles. The molecule has 27 heavy (non-hydrogen) atoms. The molecule has 2 N–H and O–H groups in total. The molecule has 2 aromatic rings. The number of aliphatic hydroxyl groups is 1. The third-order valence-corrected chi connectivity index (χ3v) is 4.87. The van der Waals surface area contributed by atoms with Crippen LogP contribution in [0.4, 0.5) is 0 Å². The molecule has 0 bridgehead atoms. The van der Waals surface area contributed by atoms with Crippen molar-refractivity contribution in [2.45, 2.75) is 32.4 Å². The van der Waals surface area contributed by atoms with Gasteiger partial charge in [-0.05, 0) is 61.8 Å². The maximum atomic E-state index is 12.7. The lowest BCUT2D eigenvalue weighted by Gasteiger charge is -2.28. The lowest BCUT2D eigenvalue weighted by atomic mass is 9.97. The molecule has 2 heterocycles. The Labute approximate surface area is 158 Å². The van der Waals surface area contributed by atoms with E-state index in [4.69, 9.17) is 9.15 Å². The summed E-state index contributed by atoms with van der Waals surface area (Å²) >= 11 is 0. The zero-order valence-electron chi connectivity index (χ0n) is 15.5. The highest BCUT2D eigenvalue weighted by molar-refractivity contribution is 6.10. The fraction of sp³-hybridized carbons (Fsp3) is 0.381. The predicted molar refractivity (Wildman–Crippen MR) is 102 cm³/mol. The van der Waals surface area contributed by atoms with Gasteiger partial charge in [0.25, 0.3) is 0 Å². The van der Waals surface area contributed by atoms with Gasteiger partial charge in [-0.2, -0.15) is 0 Å². The van der Waals surface area contributed by atoms with Gasteiger partial charge in [-0.1, -0.05) is 6.42 Å². The van der Waals surface area contributed by atoms with Crippen molar-refractivity contribution in [3.63, 3.8) is 0 Å². The molecule has 1 saturated heterocycles. The minimum atomic E-state index is -0.384. The molecule has 144 valence electrons. The van der Waals surface area contributed by atoms with Crippen molar-refractivity contribution in [2.24, 2.45) is 0 Å². The number of furan rings is 1. The number of hydrogen-bond acceptors (Lipinski definition) is 6. The largest absolute Gasteiger partial charge is 0.507 e. The topological polar surface area (TPSA) is 83.1 Å². The summed E-state index contributed by atoms with van der Waals surface area (Å²) in [6.07, 6.45) is 7.85. The molecule has 1 fully saturated rings. The molecule has 0 atom stereocenters. The molecule has 0 aliphatic carbocycles. The number of aliphatic hydroxyl groups excluding tert-OH is 1. The molecule has 1 aliphatic rings. The van der Waals surface area contributed by atoms with Crippen LogP contribution in [-0.2, 0) is 13.2 Å². The highest BCUT2D eigenvalue weighted by Gasteiger charge is 2.24. The standard InChI is InChI=1S/C21H25NO5/c1-26-19-12-15(14-23)17(13-22-9-3-2-4-10-22)21(25)20(19)18(24)8-7-16-6-5-11-27-16/h5-8,11-12,23,25H,2-4,9-10,13-14H2,1H3. The number of likely N-dealkylation sites (tertiary alicyclic amines) is 1. The Morgan fingerprint density at radius 3 is 2.74 bits per heavy atom. The van der Waals surface area contributed by atoms with Gasteiger partial charge in [-0.25, -0.2) is 0 Å². The minimum absolute atomic E-state index is 0.101.